The maximum atomic E-state index is 6.23. The fourth-order valence-electron chi connectivity index (χ4n) is 3.26. The summed E-state index contributed by atoms with van der Waals surface area (Å²) in [4.78, 5) is 6.48. The van der Waals surface area contributed by atoms with Crippen LogP contribution in [-0.2, 0) is 6.54 Å². The monoisotopic (exact) mass is 357 g/mol. The van der Waals surface area contributed by atoms with Crippen LogP contribution in [0.4, 0.5) is 5.69 Å². The van der Waals surface area contributed by atoms with Gasteiger partial charge in [0.1, 0.15) is 0 Å². The second kappa shape index (κ2) is 8.99. The predicted octanol–water partition coefficient (Wildman–Crippen LogP) is 4.62. The number of anilines is 1. The summed E-state index contributed by atoms with van der Waals surface area (Å²) in [5.41, 5.74) is 2.27. The van der Waals surface area contributed by atoms with Gasteiger partial charge in [0.15, 0.2) is 11.5 Å². The molecular weight excluding hydrogens is 332 g/mol. The first-order chi connectivity index (χ1) is 12.3. The highest BCUT2D eigenvalue weighted by molar-refractivity contribution is 7.80. The molecule has 2 aromatic rings. The highest BCUT2D eigenvalue weighted by Crippen LogP contribution is 2.35. The van der Waals surface area contributed by atoms with E-state index in [0.717, 1.165) is 43.1 Å². The van der Waals surface area contributed by atoms with Gasteiger partial charge in [-0.2, -0.15) is 0 Å². The van der Waals surface area contributed by atoms with Crippen molar-refractivity contribution < 1.29 is 9.47 Å². The Morgan fingerprint density at radius 2 is 2.04 bits per heavy atom. The summed E-state index contributed by atoms with van der Waals surface area (Å²) in [6.45, 7) is 1.58. The Bertz CT molecular complexity index is 660. The third-order valence-electron chi connectivity index (χ3n) is 4.57. The number of rotatable bonds is 8. The van der Waals surface area contributed by atoms with Gasteiger partial charge < -0.3 is 14.4 Å². The van der Waals surface area contributed by atoms with Crippen LogP contribution in [0.5, 0.6) is 11.5 Å². The number of nitrogens with zero attached hydrogens (tertiary/aromatic N) is 2. The van der Waals surface area contributed by atoms with Crippen molar-refractivity contribution in [2.75, 3.05) is 24.3 Å². The van der Waals surface area contributed by atoms with E-state index < -0.39 is 0 Å². The lowest BCUT2D eigenvalue weighted by molar-refractivity contribution is 0.201. The molecule has 1 aromatic carbocycles. The van der Waals surface area contributed by atoms with Crippen LogP contribution in [0.25, 0.3) is 0 Å². The van der Waals surface area contributed by atoms with E-state index in [9.17, 15) is 0 Å². The quantitative estimate of drug-likeness (QED) is 0.691. The van der Waals surface area contributed by atoms with Gasteiger partial charge in [0.2, 0.25) is 0 Å². The van der Waals surface area contributed by atoms with Gasteiger partial charge >= 0.3 is 0 Å². The summed E-state index contributed by atoms with van der Waals surface area (Å²) in [5.74, 6) is 2.29. The fraction of sp³-hybridized carbons (Fsp3) is 0.450. The Kier molecular flexibility index (Phi) is 6.45. The third kappa shape index (κ3) is 4.82. The zero-order valence-electron chi connectivity index (χ0n) is 14.7. The first kappa shape index (κ1) is 17.9. The highest BCUT2D eigenvalue weighted by atomic mass is 32.1. The van der Waals surface area contributed by atoms with Crippen LogP contribution >= 0.6 is 12.6 Å². The SMILES string of the molecule is COc1ccc(N(CC[S])Cc2cccnc2)cc1OC1CCCC1. The molecule has 0 N–H and O–H groups in total. The summed E-state index contributed by atoms with van der Waals surface area (Å²) >= 11 is 5.23. The maximum Gasteiger partial charge on any atom is 0.163 e. The van der Waals surface area contributed by atoms with E-state index in [1.807, 2.05) is 18.3 Å². The number of methoxy groups -OCH3 is 1. The van der Waals surface area contributed by atoms with Gasteiger partial charge in [-0.15, -0.1) is 0 Å². The maximum absolute atomic E-state index is 6.23. The Balaban J connectivity index is 1.82. The molecule has 0 amide bonds. The van der Waals surface area contributed by atoms with Crippen LogP contribution in [0.2, 0.25) is 0 Å². The summed E-state index contributed by atoms with van der Waals surface area (Å²) in [6, 6.07) is 10.2. The van der Waals surface area contributed by atoms with Gasteiger partial charge in [0.05, 0.1) is 13.2 Å². The van der Waals surface area contributed by atoms with Crippen LogP contribution in [0, 0.1) is 0 Å². The van der Waals surface area contributed by atoms with Crippen LogP contribution in [0.1, 0.15) is 31.2 Å². The second-order valence-electron chi connectivity index (χ2n) is 6.35. The predicted molar refractivity (Wildman–Crippen MR) is 104 cm³/mol. The highest BCUT2D eigenvalue weighted by Gasteiger charge is 2.19. The summed E-state index contributed by atoms with van der Waals surface area (Å²) < 4.78 is 11.7. The van der Waals surface area contributed by atoms with Crippen molar-refractivity contribution in [1.82, 2.24) is 4.98 Å². The molecule has 1 fully saturated rings. The van der Waals surface area contributed by atoms with Crippen LogP contribution in [0.3, 0.4) is 0 Å². The van der Waals surface area contributed by atoms with E-state index in [1.165, 1.54) is 18.4 Å². The minimum atomic E-state index is 0.301. The average Bonchev–Trinajstić information content (AvgIpc) is 3.15. The lowest BCUT2D eigenvalue weighted by atomic mass is 10.2. The van der Waals surface area contributed by atoms with Crippen molar-refractivity contribution in [1.29, 1.82) is 0 Å². The number of pyridine rings is 1. The molecule has 1 saturated carbocycles. The Hall–Kier alpha value is -1.88. The molecule has 0 aliphatic heterocycles. The van der Waals surface area contributed by atoms with E-state index in [4.69, 9.17) is 22.1 Å². The Morgan fingerprint density at radius 1 is 1.20 bits per heavy atom. The van der Waals surface area contributed by atoms with Crippen molar-refractivity contribution in [3.63, 3.8) is 0 Å². The van der Waals surface area contributed by atoms with E-state index in [2.05, 4.69) is 28.1 Å². The van der Waals surface area contributed by atoms with E-state index in [0.29, 0.717) is 11.9 Å². The third-order valence-corrected chi connectivity index (χ3v) is 4.75. The first-order valence-electron chi connectivity index (χ1n) is 8.87. The molecule has 1 aliphatic rings. The minimum absolute atomic E-state index is 0.301. The van der Waals surface area contributed by atoms with Crippen molar-refractivity contribution >= 4 is 18.3 Å². The van der Waals surface area contributed by atoms with Crippen LogP contribution in [0.15, 0.2) is 42.7 Å². The molecule has 0 bridgehead atoms. The molecule has 3 rings (SSSR count). The van der Waals surface area contributed by atoms with Gasteiger partial charge in [-0.05, 0) is 49.4 Å². The standard InChI is InChI=1S/C20H25N2O2S/c1-23-19-9-8-17(13-20(19)24-18-6-2-3-7-18)22(11-12-25)15-16-5-4-10-21-14-16/h4-5,8-10,13-14,18H,2-3,6-7,11-12,15H2,1H3. The van der Waals surface area contributed by atoms with Gasteiger partial charge in [0.25, 0.3) is 0 Å². The molecule has 4 nitrogen and oxygen atoms in total. The van der Waals surface area contributed by atoms with Crippen LogP contribution in [-0.4, -0.2) is 30.5 Å². The molecule has 1 heterocycles. The zero-order chi connectivity index (χ0) is 17.5. The molecule has 1 radical (unpaired) electrons. The van der Waals surface area contributed by atoms with Crippen LogP contribution < -0.4 is 14.4 Å². The second-order valence-corrected chi connectivity index (χ2v) is 6.75. The average molecular weight is 357 g/mol. The fourth-order valence-corrected chi connectivity index (χ4v) is 3.48. The normalized spacial score (nSPS) is 14.5. The first-order valence-corrected chi connectivity index (χ1v) is 9.44. The molecule has 0 atom stereocenters. The number of hydrogen-bond donors (Lipinski definition) is 0. The van der Waals surface area contributed by atoms with Crippen molar-refractivity contribution in [3.05, 3.63) is 48.3 Å². The smallest absolute Gasteiger partial charge is 0.163 e. The summed E-state index contributed by atoms with van der Waals surface area (Å²) in [5, 5.41) is 0. The molecule has 0 unspecified atom stereocenters. The molecule has 1 aromatic heterocycles. The molecular formula is C20H25N2O2S. The Morgan fingerprint density at radius 3 is 2.72 bits per heavy atom. The number of ether oxygens (including phenoxy) is 2. The van der Waals surface area contributed by atoms with Crippen molar-refractivity contribution in [2.45, 2.75) is 38.3 Å². The number of aromatic nitrogens is 1. The lowest BCUT2D eigenvalue weighted by Crippen LogP contribution is -2.25. The minimum Gasteiger partial charge on any atom is -0.493 e. The molecule has 0 saturated heterocycles. The van der Waals surface area contributed by atoms with Gasteiger partial charge in [-0.25, -0.2) is 0 Å². The molecule has 5 heteroatoms. The van der Waals surface area contributed by atoms with Crippen molar-refractivity contribution in [2.24, 2.45) is 0 Å². The number of benzene rings is 1. The zero-order valence-corrected chi connectivity index (χ0v) is 15.5. The molecule has 133 valence electrons. The van der Waals surface area contributed by atoms with E-state index >= 15 is 0 Å². The largest absolute Gasteiger partial charge is 0.493 e. The van der Waals surface area contributed by atoms with Crippen molar-refractivity contribution in [3.8, 4) is 11.5 Å². The van der Waals surface area contributed by atoms with Gasteiger partial charge in [0, 0.05) is 43.0 Å². The number of hydrogen-bond acceptors (Lipinski definition) is 4. The molecule has 0 spiro atoms. The summed E-state index contributed by atoms with van der Waals surface area (Å²) in [7, 11) is 1.69. The van der Waals surface area contributed by atoms with Gasteiger partial charge in [-0.3, -0.25) is 4.98 Å². The topological polar surface area (TPSA) is 34.6 Å². The molecule has 1 aliphatic carbocycles. The summed E-state index contributed by atoms with van der Waals surface area (Å²) in [6.07, 6.45) is 8.73. The lowest BCUT2D eigenvalue weighted by Gasteiger charge is -2.25. The van der Waals surface area contributed by atoms with Gasteiger partial charge in [-0.1, -0.05) is 18.7 Å². The van der Waals surface area contributed by atoms with E-state index in [-0.39, 0.29) is 0 Å². The Labute approximate surface area is 155 Å². The molecule has 25 heavy (non-hydrogen) atoms. The van der Waals surface area contributed by atoms with E-state index in [1.54, 1.807) is 13.3 Å².